The fourth-order valence-electron chi connectivity index (χ4n) is 1.15. The molecular weight excluding hydrogens is 376 g/mol. The average molecular weight is 384 g/mol. The van der Waals surface area contributed by atoms with E-state index in [0.29, 0.717) is 8.96 Å². The van der Waals surface area contributed by atoms with Crippen LogP contribution in [-0.4, -0.2) is 25.2 Å². The Kier molecular flexibility index (Phi) is 4.51. The summed E-state index contributed by atoms with van der Waals surface area (Å²) in [4.78, 5) is 10.8. The van der Waals surface area contributed by atoms with E-state index in [-0.39, 0.29) is 16.2 Å². The first kappa shape index (κ1) is 14.4. The molecule has 17 heavy (non-hydrogen) atoms. The lowest BCUT2D eigenvalue weighted by Crippen LogP contribution is -2.08. The van der Waals surface area contributed by atoms with E-state index in [1.165, 1.54) is 12.1 Å². The van der Waals surface area contributed by atoms with Crippen LogP contribution < -0.4 is 0 Å². The molecule has 0 unspecified atom stereocenters. The highest BCUT2D eigenvalue weighted by molar-refractivity contribution is 9.11. The van der Waals surface area contributed by atoms with Crippen LogP contribution in [0, 0.1) is 0 Å². The third-order valence-corrected chi connectivity index (χ3v) is 4.92. The van der Waals surface area contributed by atoms with E-state index in [1.807, 2.05) is 0 Å². The van der Waals surface area contributed by atoms with Crippen LogP contribution in [0.2, 0.25) is 0 Å². The van der Waals surface area contributed by atoms with Crippen LogP contribution >= 0.6 is 31.9 Å². The summed E-state index contributed by atoms with van der Waals surface area (Å²) in [7, 11) is -3.56. The Morgan fingerprint density at radius 3 is 2.47 bits per heavy atom. The van der Waals surface area contributed by atoms with Crippen molar-refractivity contribution in [3.63, 3.8) is 0 Å². The number of carbonyl (C=O) groups is 1. The summed E-state index contributed by atoms with van der Waals surface area (Å²) in [6.45, 7) is 3.45. The minimum atomic E-state index is -3.56. The molecule has 0 saturated heterocycles. The second-order valence-corrected chi connectivity index (χ2v) is 7.19. The fourth-order valence-corrected chi connectivity index (χ4v) is 3.62. The molecule has 0 amide bonds. The highest BCUT2D eigenvalue weighted by atomic mass is 79.9. The monoisotopic (exact) mass is 382 g/mol. The molecule has 1 aromatic rings. The molecule has 0 heterocycles. The molecule has 0 aliphatic carbocycles. The van der Waals surface area contributed by atoms with Crippen LogP contribution in [-0.2, 0) is 9.84 Å². The van der Waals surface area contributed by atoms with E-state index in [4.69, 9.17) is 5.11 Å². The zero-order valence-corrected chi connectivity index (χ0v) is 12.5. The SMILES string of the molecule is C=C(Br)CS(=O)(=O)c1ccc(Br)c(C(=O)O)c1. The summed E-state index contributed by atoms with van der Waals surface area (Å²) >= 11 is 6.02. The first-order chi connectivity index (χ1) is 7.74. The highest BCUT2D eigenvalue weighted by Gasteiger charge is 2.18. The fraction of sp³-hybridized carbons (Fsp3) is 0.100. The first-order valence-electron chi connectivity index (χ1n) is 4.33. The number of halogens is 2. The van der Waals surface area contributed by atoms with Gasteiger partial charge in [0.05, 0.1) is 16.2 Å². The standard InChI is InChI=1S/C10H8Br2O4S/c1-6(11)5-17(15,16)7-2-3-9(12)8(4-7)10(13)14/h2-4H,1,5H2,(H,13,14). The van der Waals surface area contributed by atoms with Crippen molar-refractivity contribution in [2.45, 2.75) is 4.90 Å². The van der Waals surface area contributed by atoms with Crippen LogP contribution in [0.25, 0.3) is 0 Å². The van der Waals surface area contributed by atoms with Crippen molar-refractivity contribution < 1.29 is 18.3 Å². The minimum Gasteiger partial charge on any atom is -0.478 e. The highest BCUT2D eigenvalue weighted by Crippen LogP contribution is 2.23. The van der Waals surface area contributed by atoms with Gasteiger partial charge in [0.15, 0.2) is 9.84 Å². The van der Waals surface area contributed by atoms with Gasteiger partial charge >= 0.3 is 5.97 Å². The van der Waals surface area contributed by atoms with E-state index in [9.17, 15) is 13.2 Å². The Morgan fingerprint density at radius 1 is 1.41 bits per heavy atom. The van der Waals surface area contributed by atoms with Crippen molar-refractivity contribution in [3.8, 4) is 0 Å². The van der Waals surface area contributed by atoms with Crippen molar-refractivity contribution in [1.82, 2.24) is 0 Å². The molecule has 0 fully saturated rings. The van der Waals surface area contributed by atoms with E-state index >= 15 is 0 Å². The van der Waals surface area contributed by atoms with Gasteiger partial charge in [-0.1, -0.05) is 22.5 Å². The largest absolute Gasteiger partial charge is 0.478 e. The maximum atomic E-state index is 11.8. The maximum Gasteiger partial charge on any atom is 0.336 e. The molecule has 0 aliphatic heterocycles. The van der Waals surface area contributed by atoms with Crippen LogP contribution in [0.15, 0.2) is 38.6 Å². The molecule has 0 aliphatic rings. The van der Waals surface area contributed by atoms with Gasteiger partial charge in [0, 0.05) is 8.96 Å². The van der Waals surface area contributed by atoms with Gasteiger partial charge < -0.3 is 5.11 Å². The molecule has 0 radical (unpaired) electrons. The second-order valence-electron chi connectivity index (χ2n) is 3.22. The molecule has 0 saturated carbocycles. The van der Waals surface area contributed by atoms with Crippen molar-refractivity contribution >= 4 is 47.7 Å². The second kappa shape index (κ2) is 5.32. The lowest BCUT2D eigenvalue weighted by atomic mass is 10.2. The molecule has 7 heteroatoms. The number of hydrogen-bond acceptors (Lipinski definition) is 3. The van der Waals surface area contributed by atoms with Crippen LogP contribution in [0.3, 0.4) is 0 Å². The van der Waals surface area contributed by atoms with Gasteiger partial charge in [0.1, 0.15) is 0 Å². The number of carboxylic acids is 1. The van der Waals surface area contributed by atoms with Gasteiger partial charge in [0.25, 0.3) is 0 Å². The molecule has 1 N–H and O–H groups in total. The first-order valence-corrected chi connectivity index (χ1v) is 7.57. The topological polar surface area (TPSA) is 71.4 Å². The van der Waals surface area contributed by atoms with Crippen molar-refractivity contribution in [1.29, 1.82) is 0 Å². The molecule has 92 valence electrons. The van der Waals surface area contributed by atoms with Crippen LogP contribution in [0.4, 0.5) is 0 Å². The van der Waals surface area contributed by atoms with Gasteiger partial charge in [-0.2, -0.15) is 0 Å². The third-order valence-electron chi connectivity index (χ3n) is 1.87. The van der Waals surface area contributed by atoms with Gasteiger partial charge in [-0.25, -0.2) is 13.2 Å². The number of aromatic carboxylic acids is 1. The Morgan fingerprint density at radius 2 is 2.00 bits per heavy atom. The van der Waals surface area contributed by atoms with E-state index in [0.717, 1.165) is 6.07 Å². The molecule has 0 aromatic heterocycles. The van der Waals surface area contributed by atoms with Crippen molar-refractivity contribution in [2.75, 3.05) is 5.75 Å². The molecule has 0 spiro atoms. The van der Waals surface area contributed by atoms with Crippen LogP contribution in [0.1, 0.15) is 10.4 Å². The van der Waals surface area contributed by atoms with E-state index in [2.05, 4.69) is 38.4 Å². The Bertz CT molecular complexity index is 578. The molecule has 4 nitrogen and oxygen atoms in total. The van der Waals surface area contributed by atoms with Crippen molar-refractivity contribution in [3.05, 3.63) is 39.3 Å². The third kappa shape index (κ3) is 3.65. The predicted molar refractivity (Wildman–Crippen MR) is 71.2 cm³/mol. The van der Waals surface area contributed by atoms with Crippen LogP contribution in [0.5, 0.6) is 0 Å². The summed E-state index contributed by atoms with van der Waals surface area (Å²) in [5.41, 5.74) is -0.0914. The number of carboxylic acid groups (broad SMARTS) is 1. The Balaban J connectivity index is 3.30. The maximum absolute atomic E-state index is 11.8. The Hall–Kier alpha value is -0.660. The summed E-state index contributed by atoms with van der Waals surface area (Å²) < 4.78 is 24.3. The normalized spacial score (nSPS) is 11.2. The summed E-state index contributed by atoms with van der Waals surface area (Å²) in [6, 6.07) is 3.87. The smallest absolute Gasteiger partial charge is 0.336 e. The predicted octanol–water partition coefficient (Wildman–Crippen LogP) is 2.83. The quantitative estimate of drug-likeness (QED) is 0.867. The van der Waals surface area contributed by atoms with Crippen molar-refractivity contribution in [2.24, 2.45) is 0 Å². The number of benzene rings is 1. The minimum absolute atomic E-state index is 0.0429. The summed E-state index contributed by atoms with van der Waals surface area (Å²) in [6.07, 6.45) is 0. The van der Waals surface area contributed by atoms with Gasteiger partial charge in [-0.05, 0) is 34.1 Å². The molecular formula is C10H8Br2O4S. The molecule has 0 atom stereocenters. The molecule has 1 rings (SSSR count). The summed E-state index contributed by atoms with van der Waals surface area (Å²) in [5, 5.41) is 8.89. The zero-order valence-electron chi connectivity index (χ0n) is 8.48. The Labute approximate surface area is 116 Å². The van der Waals surface area contributed by atoms with E-state index in [1.54, 1.807) is 0 Å². The number of sulfone groups is 1. The molecule has 0 bridgehead atoms. The van der Waals surface area contributed by atoms with Gasteiger partial charge in [0.2, 0.25) is 0 Å². The number of rotatable bonds is 4. The lowest BCUT2D eigenvalue weighted by Gasteiger charge is -2.05. The average Bonchev–Trinajstić information content (AvgIpc) is 2.15. The van der Waals surface area contributed by atoms with Gasteiger partial charge in [-0.3, -0.25) is 0 Å². The molecule has 1 aromatic carbocycles. The number of hydrogen-bond donors (Lipinski definition) is 1. The zero-order chi connectivity index (χ0) is 13.2. The van der Waals surface area contributed by atoms with Gasteiger partial charge in [-0.15, -0.1) is 0 Å². The summed E-state index contributed by atoms with van der Waals surface area (Å²) in [5.74, 6) is -1.46. The van der Waals surface area contributed by atoms with E-state index < -0.39 is 15.8 Å². The lowest BCUT2D eigenvalue weighted by molar-refractivity contribution is 0.0695.